The summed E-state index contributed by atoms with van der Waals surface area (Å²) in [4.78, 5) is 27.6. The summed E-state index contributed by atoms with van der Waals surface area (Å²) in [5.41, 5.74) is 1.38. The highest BCUT2D eigenvalue weighted by Gasteiger charge is 2.37. The van der Waals surface area contributed by atoms with E-state index >= 15 is 0 Å². The molecule has 0 aromatic heterocycles. The molecule has 1 amide bonds. The lowest BCUT2D eigenvalue weighted by Gasteiger charge is -2.36. The van der Waals surface area contributed by atoms with Crippen LogP contribution in [0.5, 0.6) is 5.75 Å². The molecule has 0 spiro atoms. The molecule has 0 saturated carbocycles. The largest absolute Gasteiger partial charge is 0.486 e. The topological polar surface area (TPSA) is 90.6 Å². The van der Waals surface area contributed by atoms with Gasteiger partial charge in [-0.15, -0.1) is 0 Å². The number of hydrogen-bond donors (Lipinski definition) is 1. The summed E-state index contributed by atoms with van der Waals surface area (Å²) in [6, 6.07) is 12.3. The Morgan fingerprint density at radius 2 is 2.00 bits per heavy atom. The first kappa shape index (κ1) is 23.5. The molecule has 2 aromatic carbocycles. The highest BCUT2D eigenvalue weighted by atomic mass is 16.5. The summed E-state index contributed by atoms with van der Waals surface area (Å²) >= 11 is 0. The molecule has 168 valence electrons. The van der Waals surface area contributed by atoms with Crippen molar-refractivity contribution in [2.75, 3.05) is 13.1 Å². The molecule has 0 fully saturated rings. The summed E-state index contributed by atoms with van der Waals surface area (Å²) in [6.07, 6.45) is 0.693. The highest BCUT2D eigenvalue weighted by Crippen LogP contribution is 2.35. The Bertz CT molecular complexity index is 1090. The Balaban J connectivity index is 1.73. The Hall–Kier alpha value is -3.17. The summed E-state index contributed by atoms with van der Waals surface area (Å²) in [7, 11) is 0. The fourth-order valence-corrected chi connectivity index (χ4v) is 4.22. The normalized spacial score (nSPS) is 17.8. The van der Waals surface area contributed by atoms with E-state index in [9.17, 15) is 14.7 Å². The number of ketones is 1. The Kier molecular flexibility index (Phi) is 6.43. The molecular formula is C26H30N2O4. The first-order valence-electron chi connectivity index (χ1n) is 10.9. The molecule has 1 aliphatic rings. The van der Waals surface area contributed by atoms with Crippen LogP contribution >= 0.6 is 0 Å². The van der Waals surface area contributed by atoms with Crippen LogP contribution in [0.1, 0.15) is 77.9 Å². The third kappa shape index (κ3) is 4.84. The number of nitriles is 1. The number of Topliss-reactive ketones (excluding diaryl/α,β-unsaturated/α-hetero) is 1. The third-order valence-corrected chi connectivity index (χ3v) is 6.01. The van der Waals surface area contributed by atoms with Gasteiger partial charge in [0.2, 0.25) is 0 Å². The summed E-state index contributed by atoms with van der Waals surface area (Å²) in [6.45, 7) is 10.1. The average molecular weight is 435 g/mol. The van der Waals surface area contributed by atoms with Gasteiger partial charge in [0.05, 0.1) is 29.2 Å². The lowest BCUT2D eigenvalue weighted by atomic mass is 9.88. The van der Waals surface area contributed by atoms with Gasteiger partial charge >= 0.3 is 0 Å². The number of aliphatic hydroxyl groups is 1. The monoisotopic (exact) mass is 434 g/mol. The van der Waals surface area contributed by atoms with Gasteiger partial charge in [-0.1, -0.05) is 6.07 Å². The molecule has 32 heavy (non-hydrogen) atoms. The summed E-state index contributed by atoms with van der Waals surface area (Å²) in [5.74, 6) is 0.329. The van der Waals surface area contributed by atoms with Gasteiger partial charge in [-0.25, -0.2) is 0 Å². The fourth-order valence-electron chi connectivity index (χ4n) is 4.22. The van der Waals surface area contributed by atoms with Crippen LogP contribution < -0.4 is 4.74 Å². The van der Waals surface area contributed by atoms with Crippen LogP contribution in [-0.2, 0) is 5.60 Å². The van der Waals surface area contributed by atoms with E-state index in [0.29, 0.717) is 42.0 Å². The molecule has 6 heteroatoms. The van der Waals surface area contributed by atoms with E-state index in [0.717, 1.165) is 11.1 Å². The number of carbonyl (C=O) groups is 2. The average Bonchev–Trinajstić information content (AvgIpc) is 2.72. The van der Waals surface area contributed by atoms with Crippen molar-refractivity contribution in [3.05, 3.63) is 64.2 Å². The Labute approximate surface area is 189 Å². The standard InChI is InChI=1S/C26H30N2O4/c1-6-28(24(30)19-8-9-21(17(2)13-19)25(3,4)31)12-11-26(5)15-22(29)20-14-18(16-27)7-10-23(20)32-26/h7-10,13-14,31H,6,11-12,15H2,1-5H3. The minimum Gasteiger partial charge on any atom is -0.486 e. The molecule has 1 heterocycles. The van der Waals surface area contributed by atoms with E-state index in [1.807, 2.05) is 32.9 Å². The maximum atomic E-state index is 13.1. The van der Waals surface area contributed by atoms with Gasteiger partial charge in [0.25, 0.3) is 5.91 Å². The molecule has 1 N–H and O–H groups in total. The third-order valence-electron chi connectivity index (χ3n) is 6.01. The van der Waals surface area contributed by atoms with Crippen molar-refractivity contribution in [2.24, 2.45) is 0 Å². The smallest absolute Gasteiger partial charge is 0.253 e. The van der Waals surface area contributed by atoms with E-state index < -0.39 is 11.2 Å². The number of carbonyl (C=O) groups excluding carboxylic acids is 2. The van der Waals surface area contributed by atoms with Crippen molar-refractivity contribution in [3.8, 4) is 11.8 Å². The number of amides is 1. The zero-order valence-electron chi connectivity index (χ0n) is 19.4. The Morgan fingerprint density at radius 1 is 1.28 bits per heavy atom. The number of nitrogens with zero attached hydrogens (tertiary/aromatic N) is 2. The zero-order chi connectivity index (χ0) is 23.7. The molecule has 0 aliphatic carbocycles. The van der Waals surface area contributed by atoms with Gasteiger partial charge in [-0.2, -0.15) is 5.26 Å². The number of rotatable bonds is 6. The van der Waals surface area contributed by atoms with Crippen molar-refractivity contribution in [3.63, 3.8) is 0 Å². The number of benzene rings is 2. The molecule has 0 saturated heterocycles. The van der Waals surface area contributed by atoms with Crippen LogP contribution in [0.2, 0.25) is 0 Å². The molecule has 1 aliphatic heterocycles. The molecular weight excluding hydrogens is 404 g/mol. The van der Waals surface area contributed by atoms with Crippen molar-refractivity contribution in [1.29, 1.82) is 5.26 Å². The van der Waals surface area contributed by atoms with E-state index in [-0.39, 0.29) is 18.1 Å². The second-order valence-electron chi connectivity index (χ2n) is 9.20. The Morgan fingerprint density at radius 3 is 2.59 bits per heavy atom. The van der Waals surface area contributed by atoms with Crippen molar-refractivity contribution in [1.82, 2.24) is 4.90 Å². The molecule has 1 unspecified atom stereocenters. The summed E-state index contributed by atoms with van der Waals surface area (Å²) < 4.78 is 6.15. The van der Waals surface area contributed by atoms with Crippen LogP contribution in [0.4, 0.5) is 0 Å². The van der Waals surface area contributed by atoms with Gasteiger partial charge in [-0.05, 0) is 76.1 Å². The van der Waals surface area contributed by atoms with Gasteiger partial charge in [0, 0.05) is 25.1 Å². The molecule has 3 rings (SSSR count). The number of hydrogen-bond acceptors (Lipinski definition) is 5. The highest BCUT2D eigenvalue weighted by molar-refractivity contribution is 6.00. The lowest BCUT2D eigenvalue weighted by molar-refractivity contribution is 0.0385. The molecule has 2 aromatic rings. The van der Waals surface area contributed by atoms with Crippen LogP contribution in [0.25, 0.3) is 0 Å². The minimum absolute atomic E-state index is 0.0574. The predicted molar refractivity (Wildman–Crippen MR) is 122 cm³/mol. The fraction of sp³-hybridized carbons (Fsp3) is 0.423. The van der Waals surface area contributed by atoms with Crippen molar-refractivity contribution >= 4 is 11.7 Å². The molecule has 1 atom stereocenters. The van der Waals surface area contributed by atoms with Gasteiger partial charge < -0.3 is 14.7 Å². The summed E-state index contributed by atoms with van der Waals surface area (Å²) in [5, 5.41) is 19.3. The second kappa shape index (κ2) is 8.76. The maximum Gasteiger partial charge on any atom is 0.253 e. The van der Waals surface area contributed by atoms with Crippen LogP contribution in [0, 0.1) is 18.3 Å². The number of aryl methyl sites for hydroxylation is 1. The number of fused-ring (bicyclic) bond motifs is 1. The first-order chi connectivity index (χ1) is 15.0. The van der Waals surface area contributed by atoms with Crippen LogP contribution in [0.15, 0.2) is 36.4 Å². The van der Waals surface area contributed by atoms with E-state index in [1.54, 1.807) is 49.1 Å². The first-order valence-corrected chi connectivity index (χ1v) is 10.9. The lowest BCUT2D eigenvalue weighted by Crippen LogP contribution is -2.43. The maximum absolute atomic E-state index is 13.1. The quantitative estimate of drug-likeness (QED) is 0.729. The van der Waals surface area contributed by atoms with Gasteiger partial charge in [0.15, 0.2) is 5.78 Å². The second-order valence-corrected chi connectivity index (χ2v) is 9.20. The van der Waals surface area contributed by atoms with Gasteiger partial charge in [-0.3, -0.25) is 9.59 Å². The van der Waals surface area contributed by atoms with E-state index in [1.165, 1.54) is 0 Å². The van der Waals surface area contributed by atoms with E-state index in [2.05, 4.69) is 0 Å². The SMILES string of the molecule is CCN(CCC1(C)CC(=O)c2cc(C#N)ccc2O1)C(=O)c1ccc(C(C)(C)O)c(C)c1. The molecule has 0 bridgehead atoms. The molecule has 6 nitrogen and oxygen atoms in total. The predicted octanol–water partition coefficient (Wildman–Crippen LogP) is 4.37. The van der Waals surface area contributed by atoms with Crippen LogP contribution in [-0.4, -0.2) is 40.4 Å². The zero-order valence-corrected chi connectivity index (χ0v) is 19.4. The van der Waals surface area contributed by atoms with Crippen molar-refractivity contribution < 1.29 is 19.4 Å². The minimum atomic E-state index is -0.972. The van der Waals surface area contributed by atoms with Crippen molar-refractivity contribution in [2.45, 2.75) is 58.7 Å². The number of ether oxygens (including phenoxy) is 1. The van der Waals surface area contributed by atoms with Gasteiger partial charge in [0.1, 0.15) is 11.4 Å². The van der Waals surface area contributed by atoms with E-state index in [4.69, 9.17) is 10.00 Å². The molecule has 0 radical (unpaired) electrons. The van der Waals surface area contributed by atoms with Crippen LogP contribution in [0.3, 0.4) is 0 Å².